The van der Waals surface area contributed by atoms with Gasteiger partial charge in [-0.3, -0.25) is 0 Å². The van der Waals surface area contributed by atoms with Crippen LogP contribution in [0.2, 0.25) is 0 Å². The van der Waals surface area contributed by atoms with Gasteiger partial charge in [0, 0.05) is 30.5 Å². The molecule has 2 heterocycles. The molecule has 1 amide bonds. The molecule has 3 rings (SSSR count). The van der Waals surface area contributed by atoms with Gasteiger partial charge < -0.3 is 14.7 Å². The topological polar surface area (TPSA) is 49.8 Å². The Kier molecular flexibility index (Phi) is 4.99. The van der Waals surface area contributed by atoms with Crippen molar-refractivity contribution in [1.82, 2.24) is 4.90 Å². The fourth-order valence-corrected chi connectivity index (χ4v) is 4.24. The van der Waals surface area contributed by atoms with Gasteiger partial charge in [-0.05, 0) is 51.7 Å². The second kappa shape index (κ2) is 6.80. The van der Waals surface area contributed by atoms with Gasteiger partial charge in [0.2, 0.25) is 0 Å². The zero-order chi connectivity index (χ0) is 19.1. The summed E-state index contributed by atoms with van der Waals surface area (Å²) >= 11 is 0. The van der Waals surface area contributed by atoms with E-state index in [1.54, 1.807) is 17.0 Å². The van der Waals surface area contributed by atoms with Crippen molar-refractivity contribution in [3.05, 3.63) is 35.4 Å². The maximum Gasteiger partial charge on any atom is 0.410 e. The summed E-state index contributed by atoms with van der Waals surface area (Å²) in [6, 6.07) is 5.74. The maximum atomic E-state index is 13.0. The Morgan fingerprint density at radius 2 is 1.88 bits per heavy atom. The molecule has 0 aliphatic carbocycles. The number of hydrogen-bond acceptors (Lipinski definition) is 3. The molecule has 0 saturated carbocycles. The monoisotopic (exact) mass is 367 g/mol. The van der Waals surface area contributed by atoms with Crippen LogP contribution >= 0.6 is 0 Å². The number of aliphatic hydroxyl groups is 1. The fraction of sp³-hybridized carbons (Fsp3) is 0.650. The van der Waals surface area contributed by atoms with E-state index in [-0.39, 0.29) is 23.7 Å². The first-order valence-corrected chi connectivity index (χ1v) is 9.21. The van der Waals surface area contributed by atoms with Gasteiger partial charge in [-0.15, -0.1) is 0 Å². The van der Waals surface area contributed by atoms with E-state index in [9.17, 15) is 18.7 Å². The molecule has 1 N–H and O–H groups in total. The quantitative estimate of drug-likeness (QED) is 0.820. The molecule has 2 unspecified atom stereocenters. The van der Waals surface area contributed by atoms with Gasteiger partial charge >= 0.3 is 6.09 Å². The third-order valence-corrected chi connectivity index (χ3v) is 5.29. The van der Waals surface area contributed by atoms with Crippen LogP contribution in [0.25, 0.3) is 0 Å². The van der Waals surface area contributed by atoms with Crippen molar-refractivity contribution in [2.75, 3.05) is 0 Å². The van der Waals surface area contributed by atoms with Crippen molar-refractivity contribution in [2.45, 2.75) is 82.6 Å². The summed E-state index contributed by atoms with van der Waals surface area (Å²) in [6.45, 7) is 5.49. The molecule has 0 radical (unpaired) electrons. The lowest BCUT2D eigenvalue weighted by Crippen LogP contribution is -2.59. The van der Waals surface area contributed by atoms with E-state index in [1.165, 1.54) is 12.1 Å². The molecule has 2 atom stereocenters. The van der Waals surface area contributed by atoms with Crippen molar-refractivity contribution in [3.63, 3.8) is 0 Å². The molecular formula is C20H27F2NO3. The molecule has 0 aromatic heterocycles. The van der Waals surface area contributed by atoms with E-state index in [0.717, 1.165) is 19.3 Å². The van der Waals surface area contributed by atoms with Crippen LogP contribution in [0.3, 0.4) is 0 Å². The number of alkyl halides is 2. The third kappa shape index (κ3) is 3.85. The number of piperidine rings is 2. The van der Waals surface area contributed by atoms with Gasteiger partial charge in [-0.2, -0.15) is 0 Å². The Labute approximate surface area is 153 Å². The maximum absolute atomic E-state index is 13.0. The molecule has 2 fully saturated rings. The minimum Gasteiger partial charge on any atom is -0.444 e. The van der Waals surface area contributed by atoms with Crippen LogP contribution in [0.15, 0.2) is 24.3 Å². The largest absolute Gasteiger partial charge is 0.444 e. The zero-order valence-electron chi connectivity index (χ0n) is 15.5. The Bertz CT molecular complexity index is 657. The third-order valence-electron chi connectivity index (χ3n) is 5.29. The van der Waals surface area contributed by atoms with Crippen LogP contribution < -0.4 is 0 Å². The normalized spacial score (nSPS) is 29.0. The van der Waals surface area contributed by atoms with Gasteiger partial charge in [0.25, 0.3) is 6.43 Å². The Balaban J connectivity index is 1.85. The summed E-state index contributed by atoms with van der Waals surface area (Å²) in [5.74, 6) is 0. The number of halogens is 2. The predicted octanol–water partition coefficient (Wildman–Crippen LogP) is 4.76. The van der Waals surface area contributed by atoms with Gasteiger partial charge in [-0.25, -0.2) is 13.6 Å². The van der Waals surface area contributed by atoms with Gasteiger partial charge in [0.1, 0.15) is 5.60 Å². The van der Waals surface area contributed by atoms with Crippen LogP contribution in [-0.4, -0.2) is 33.8 Å². The van der Waals surface area contributed by atoms with Crippen LogP contribution in [0.5, 0.6) is 0 Å². The van der Waals surface area contributed by atoms with Crippen LogP contribution in [0.1, 0.15) is 70.4 Å². The van der Waals surface area contributed by atoms with Crippen molar-refractivity contribution in [2.24, 2.45) is 0 Å². The van der Waals surface area contributed by atoms with E-state index in [0.29, 0.717) is 18.4 Å². The van der Waals surface area contributed by atoms with E-state index in [1.807, 2.05) is 20.8 Å². The average molecular weight is 367 g/mol. The standard InChI is InChI=1S/C20H27F2NO3/c1-19(2,3)26-18(24)23-15-8-5-9-16(23)12-20(25,11-15)14-7-4-6-13(10-14)17(21)22/h4,6-7,10,15-17,25H,5,8-9,11-12H2,1-3H3. The second-order valence-corrected chi connectivity index (χ2v) is 8.49. The number of carbonyl (C=O) groups is 1. The molecule has 6 heteroatoms. The van der Waals surface area contributed by atoms with Crippen molar-refractivity contribution in [3.8, 4) is 0 Å². The summed E-state index contributed by atoms with van der Waals surface area (Å²) in [7, 11) is 0. The lowest BCUT2D eigenvalue weighted by atomic mass is 9.72. The molecule has 26 heavy (non-hydrogen) atoms. The summed E-state index contributed by atoms with van der Waals surface area (Å²) in [5, 5.41) is 11.3. The molecule has 2 aliphatic rings. The molecule has 2 bridgehead atoms. The van der Waals surface area contributed by atoms with Crippen molar-refractivity contribution >= 4 is 6.09 Å². The number of nitrogens with zero attached hydrogens (tertiary/aromatic N) is 1. The van der Waals surface area contributed by atoms with Gasteiger partial charge in [-0.1, -0.05) is 18.2 Å². The lowest BCUT2D eigenvalue weighted by molar-refractivity contribution is -0.0965. The number of ether oxygens (including phenoxy) is 1. The van der Waals surface area contributed by atoms with E-state index in [2.05, 4.69) is 0 Å². The highest BCUT2D eigenvalue weighted by Crippen LogP contribution is 2.45. The molecule has 4 nitrogen and oxygen atoms in total. The first-order valence-electron chi connectivity index (χ1n) is 9.21. The molecule has 1 aromatic rings. The second-order valence-electron chi connectivity index (χ2n) is 8.49. The summed E-state index contributed by atoms with van der Waals surface area (Å²) in [5.41, 5.74) is -1.35. The van der Waals surface area contributed by atoms with Gasteiger partial charge in [0.15, 0.2) is 0 Å². The Morgan fingerprint density at radius 3 is 2.42 bits per heavy atom. The highest BCUT2D eigenvalue weighted by atomic mass is 19.3. The molecule has 1 aromatic carbocycles. The SMILES string of the molecule is CC(C)(C)OC(=O)N1C2CCCC1CC(O)(c1cccc(C(F)F)c1)C2. The van der Waals surface area contributed by atoms with Crippen molar-refractivity contribution in [1.29, 1.82) is 0 Å². The summed E-state index contributed by atoms with van der Waals surface area (Å²) in [6.07, 6.45) is 0.321. The number of amides is 1. The molecule has 2 saturated heterocycles. The molecular weight excluding hydrogens is 340 g/mol. The minimum atomic E-state index is -2.57. The number of carbonyl (C=O) groups excluding carboxylic acids is 1. The Hall–Kier alpha value is -1.69. The number of benzene rings is 1. The van der Waals surface area contributed by atoms with Crippen molar-refractivity contribution < 1.29 is 23.4 Å². The first kappa shape index (κ1) is 19.1. The molecule has 0 spiro atoms. The number of hydrogen-bond donors (Lipinski definition) is 1. The minimum absolute atomic E-state index is 0.0874. The lowest BCUT2D eigenvalue weighted by Gasteiger charge is -2.52. The fourth-order valence-electron chi connectivity index (χ4n) is 4.24. The zero-order valence-corrected chi connectivity index (χ0v) is 15.5. The highest BCUT2D eigenvalue weighted by molar-refractivity contribution is 5.69. The van der Waals surface area contributed by atoms with E-state index >= 15 is 0 Å². The number of rotatable bonds is 2. The van der Waals surface area contributed by atoms with Crippen LogP contribution in [0, 0.1) is 0 Å². The summed E-state index contributed by atoms with van der Waals surface area (Å²) < 4.78 is 31.6. The molecule has 144 valence electrons. The van der Waals surface area contributed by atoms with Gasteiger partial charge in [0.05, 0.1) is 5.60 Å². The van der Waals surface area contributed by atoms with E-state index in [4.69, 9.17) is 4.74 Å². The first-order chi connectivity index (χ1) is 12.1. The number of fused-ring (bicyclic) bond motifs is 2. The highest BCUT2D eigenvalue weighted by Gasteiger charge is 2.49. The Morgan fingerprint density at radius 1 is 1.27 bits per heavy atom. The smallest absolute Gasteiger partial charge is 0.410 e. The summed E-state index contributed by atoms with van der Waals surface area (Å²) in [4.78, 5) is 14.4. The van der Waals surface area contributed by atoms with Crippen LogP contribution in [-0.2, 0) is 10.3 Å². The van der Waals surface area contributed by atoms with E-state index < -0.39 is 17.6 Å². The molecule has 2 aliphatic heterocycles. The van der Waals surface area contributed by atoms with Crippen LogP contribution in [0.4, 0.5) is 13.6 Å². The predicted molar refractivity (Wildman–Crippen MR) is 94.0 cm³/mol. The average Bonchev–Trinajstić information content (AvgIpc) is 2.52.